The van der Waals surface area contributed by atoms with Gasteiger partial charge < -0.3 is 18.9 Å². The fraction of sp³-hybridized carbons (Fsp3) is 0.444. The number of hydrogen-bond donors (Lipinski definition) is 0. The van der Waals surface area contributed by atoms with Crippen LogP contribution < -0.4 is 4.74 Å². The maximum Gasteiger partial charge on any atom is 0.253 e. The molecule has 1 aromatic rings. The summed E-state index contributed by atoms with van der Waals surface area (Å²) in [6.45, 7) is 2.97. The Balaban J connectivity index is 1.37. The Bertz CT molecular complexity index is 697. The fourth-order valence-corrected chi connectivity index (χ4v) is 2.23. The molecule has 0 spiro atoms. The van der Waals surface area contributed by atoms with Crippen LogP contribution in [-0.4, -0.2) is 69.5 Å². The highest BCUT2D eigenvalue weighted by Crippen LogP contribution is 2.17. The Morgan fingerprint density at radius 1 is 0.821 bits per heavy atom. The third-order valence-electron chi connectivity index (χ3n) is 3.60. The van der Waals surface area contributed by atoms with Crippen LogP contribution in [0.5, 0.6) is 5.75 Å². The number of carbonyl (C=O) groups is 2. The second-order valence-electron chi connectivity index (χ2n) is 5.53. The van der Waals surface area contributed by atoms with Crippen LogP contribution in [0.3, 0.4) is 0 Å². The summed E-state index contributed by atoms with van der Waals surface area (Å²) in [5.74, 6) is 0.0503. The summed E-state index contributed by atoms with van der Waals surface area (Å²) in [6, 6.07) is 6.78. The van der Waals surface area contributed by atoms with Gasteiger partial charge in [-0.05, 0) is 29.8 Å². The van der Waals surface area contributed by atoms with Gasteiger partial charge in [0.05, 0.1) is 46.2 Å². The second kappa shape index (κ2) is 12.5. The van der Waals surface area contributed by atoms with Crippen LogP contribution in [0.1, 0.15) is 0 Å². The molecule has 10 heteroatoms. The van der Waals surface area contributed by atoms with Crippen molar-refractivity contribution in [2.45, 2.75) is 0 Å². The molecule has 0 fully saturated rings. The molecule has 10 nitrogen and oxygen atoms in total. The Morgan fingerprint density at radius 2 is 1.36 bits per heavy atom. The summed E-state index contributed by atoms with van der Waals surface area (Å²) in [5.41, 5.74) is 8.86. The predicted molar refractivity (Wildman–Crippen MR) is 99.1 cm³/mol. The van der Waals surface area contributed by atoms with Gasteiger partial charge in [0.1, 0.15) is 12.4 Å². The molecule has 0 N–H and O–H groups in total. The Hall–Kier alpha value is -2.91. The Kier molecular flexibility index (Phi) is 9.53. The summed E-state index contributed by atoms with van der Waals surface area (Å²) in [6.07, 6.45) is 2.50. The Labute approximate surface area is 162 Å². The van der Waals surface area contributed by atoms with Gasteiger partial charge in [0.25, 0.3) is 11.8 Å². The molecule has 0 saturated carbocycles. The average molecular weight is 390 g/mol. The zero-order chi connectivity index (χ0) is 20.0. The predicted octanol–water partition coefficient (Wildman–Crippen LogP) is 1.98. The van der Waals surface area contributed by atoms with Gasteiger partial charge in [-0.1, -0.05) is 5.11 Å². The van der Waals surface area contributed by atoms with E-state index in [2.05, 4.69) is 10.0 Å². The second-order valence-corrected chi connectivity index (χ2v) is 5.53. The minimum Gasteiger partial charge on any atom is -0.491 e. The van der Waals surface area contributed by atoms with E-state index in [4.69, 9.17) is 24.5 Å². The minimum absolute atomic E-state index is 0.238. The molecule has 2 rings (SSSR count). The van der Waals surface area contributed by atoms with Crippen LogP contribution in [0.4, 0.5) is 5.69 Å². The molecule has 1 aliphatic heterocycles. The molecular formula is C18H22N4O6. The summed E-state index contributed by atoms with van der Waals surface area (Å²) in [5, 5.41) is 3.48. The van der Waals surface area contributed by atoms with Gasteiger partial charge in [0.15, 0.2) is 0 Å². The molecule has 0 aliphatic carbocycles. The van der Waals surface area contributed by atoms with Gasteiger partial charge in [-0.2, -0.15) is 0 Å². The average Bonchev–Trinajstić information content (AvgIpc) is 3.02. The van der Waals surface area contributed by atoms with Crippen molar-refractivity contribution in [3.8, 4) is 5.75 Å². The number of ether oxygens (including phenoxy) is 4. The van der Waals surface area contributed by atoms with E-state index < -0.39 is 0 Å². The van der Waals surface area contributed by atoms with E-state index >= 15 is 0 Å². The highest BCUT2D eigenvalue weighted by atomic mass is 16.6. The third kappa shape index (κ3) is 7.77. The molecule has 28 heavy (non-hydrogen) atoms. The molecule has 0 unspecified atom stereocenters. The summed E-state index contributed by atoms with van der Waals surface area (Å²) in [4.78, 5) is 26.5. The smallest absolute Gasteiger partial charge is 0.253 e. The molecule has 150 valence electrons. The first-order valence-corrected chi connectivity index (χ1v) is 8.75. The highest BCUT2D eigenvalue weighted by molar-refractivity contribution is 6.12. The SMILES string of the molecule is [N-]=[N+]=Nc1ccc(OCCOCCOCCOCCN2C(=O)C=CC2=O)cc1. The van der Waals surface area contributed by atoms with Gasteiger partial charge >= 0.3 is 0 Å². The summed E-state index contributed by atoms with van der Waals surface area (Å²) in [7, 11) is 0. The van der Waals surface area contributed by atoms with E-state index in [0.717, 1.165) is 4.90 Å². The number of rotatable bonds is 14. The lowest BCUT2D eigenvalue weighted by atomic mass is 10.3. The molecule has 1 heterocycles. The topological polar surface area (TPSA) is 123 Å². The fourth-order valence-electron chi connectivity index (χ4n) is 2.23. The standard InChI is InChI=1S/C18H22N4O6/c19-21-20-15-1-3-16(4-2-15)28-14-13-27-12-11-26-10-9-25-8-7-22-17(23)5-6-18(22)24/h1-6H,7-14H2. The lowest BCUT2D eigenvalue weighted by Gasteiger charge is -2.13. The van der Waals surface area contributed by atoms with E-state index in [1.807, 2.05) is 0 Å². The van der Waals surface area contributed by atoms with Gasteiger partial charge in [0.2, 0.25) is 0 Å². The van der Waals surface area contributed by atoms with Gasteiger partial charge in [-0.3, -0.25) is 14.5 Å². The van der Waals surface area contributed by atoms with Crippen LogP contribution in [0, 0.1) is 0 Å². The van der Waals surface area contributed by atoms with Crippen molar-refractivity contribution in [2.24, 2.45) is 5.11 Å². The van der Waals surface area contributed by atoms with Crippen LogP contribution >= 0.6 is 0 Å². The lowest BCUT2D eigenvalue weighted by Crippen LogP contribution is -2.33. The summed E-state index contributed by atoms with van der Waals surface area (Å²) >= 11 is 0. The number of amides is 2. The van der Waals surface area contributed by atoms with Crippen molar-refractivity contribution in [1.29, 1.82) is 0 Å². The largest absolute Gasteiger partial charge is 0.491 e. The minimum atomic E-state index is -0.309. The number of imide groups is 1. The number of benzene rings is 1. The van der Waals surface area contributed by atoms with Crippen molar-refractivity contribution < 1.29 is 28.5 Å². The molecule has 0 saturated heterocycles. The Morgan fingerprint density at radius 3 is 1.93 bits per heavy atom. The van der Waals surface area contributed by atoms with Crippen LogP contribution in [-0.2, 0) is 23.8 Å². The van der Waals surface area contributed by atoms with E-state index in [0.29, 0.717) is 51.1 Å². The summed E-state index contributed by atoms with van der Waals surface area (Å²) < 4.78 is 21.6. The van der Waals surface area contributed by atoms with E-state index in [9.17, 15) is 9.59 Å². The molecule has 0 atom stereocenters. The van der Waals surface area contributed by atoms with E-state index in [1.165, 1.54) is 12.2 Å². The first kappa shape index (κ1) is 21.4. The molecule has 2 amide bonds. The van der Waals surface area contributed by atoms with Crippen molar-refractivity contribution >= 4 is 17.5 Å². The first-order chi connectivity index (χ1) is 13.7. The number of hydrogen-bond acceptors (Lipinski definition) is 7. The van der Waals surface area contributed by atoms with Crippen LogP contribution in [0.2, 0.25) is 0 Å². The highest BCUT2D eigenvalue weighted by Gasteiger charge is 2.22. The number of azide groups is 1. The van der Waals surface area contributed by atoms with Crippen LogP contribution in [0.25, 0.3) is 10.4 Å². The van der Waals surface area contributed by atoms with Gasteiger partial charge in [-0.15, -0.1) is 0 Å². The molecule has 1 aliphatic rings. The van der Waals surface area contributed by atoms with Crippen molar-refractivity contribution in [1.82, 2.24) is 4.90 Å². The quantitative estimate of drug-likeness (QED) is 0.157. The zero-order valence-corrected chi connectivity index (χ0v) is 15.4. The maximum absolute atomic E-state index is 11.3. The third-order valence-corrected chi connectivity index (χ3v) is 3.60. The first-order valence-electron chi connectivity index (χ1n) is 8.75. The monoisotopic (exact) mass is 390 g/mol. The van der Waals surface area contributed by atoms with Crippen LogP contribution in [0.15, 0.2) is 41.5 Å². The van der Waals surface area contributed by atoms with E-state index in [-0.39, 0.29) is 25.0 Å². The normalized spacial score (nSPS) is 13.1. The zero-order valence-electron chi connectivity index (χ0n) is 15.4. The van der Waals surface area contributed by atoms with Gasteiger partial charge in [0, 0.05) is 22.8 Å². The molecule has 0 bridgehead atoms. The molecule has 0 aromatic heterocycles. The lowest BCUT2D eigenvalue weighted by molar-refractivity contribution is -0.137. The number of carbonyl (C=O) groups excluding carboxylic acids is 2. The molecule has 0 radical (unpaired) electrons. The van der Waals surface area contributed by atoms with Crippen molar-refractivity contribution in [3.05, 3.63) is 46.9 Å². The maximum atomic E-state index is 11.3. The van der Waals surface area contributed by atoms with Gasteiger partial charge in [-0.25, -0.2) is 0 Å². The van der Waals surface area contributed by atoms with Crippen molar-refractivity contribution in [2.75, 3.05) is 52.8 Å². The molecular weight excluding hydrogens is 368 g/mol. The molecule has 1 aromatic carbocycles. The number of nitrogens with zero attached hydrogens (tertiary/aromatic N) is 4. The van der Waals surface area contributed by atoms with E-state index in [1.54, 1.807) is 24.3 Å². The van der Waals surface area contributed by atoms with Crippen molar-refractivity contribution in [3.63, 3.8) is 0 Å².